The molecule has 0 saturated carbocycles. The van der Waals surface area contributed by atoms with Crippen LogP contribution in [0.1, 0.15) is 23.5 Å². The number of anilines is 1. The zero-order valence-corrected chi connectivity index (χ0v) is 14.3. The van der Waals surface area contributed by atoms with E-state index in [0.717, 1.165) is 28.1 Å². The number of H-pyrrole nitrogens is 1. The number of rotatable bonds is 3. The molecule has 2 heterocycles. The van der Waals surface area contributed by atoms with Crippen LogP contribution in [0, 0.1) is 0 Å². The minimum absolute atomic E-state index is 0.0394. The molecule has 0 spiro atoms. The molecule has 2 N–H and O–H groups in total. The fourth-order valence-electron chi connectivity index (χ4n) is 3.21. The molecule has 1 atom stereocenters. The maximum Gasteiger partial charge on any atom is 0.226 e. The van der Waals surface area contributed by atoms with Crippen LogP contribution in [0.4, 0.5) is 5.82 Å². The average molecular weight is 354 g/mol. The molecule has 0 saturated heterocycles. The van der Waals surface area contributed by atoms with Crippen molar-refractivity contribution in [2.45, 2.75) is 12.3 Å². The molecule has 0 radical (unpaired) electrons. The Kier molecular flexibility index (Phi) is 3.93. The van der Waals surface area contributed by atoms with Gasteiger partial charge in [-0.05, 0) is 29.8 Å². The average Bonchev–Trinajstić information content (AvgIpc) is 3.05. The summed E-state index contributed by atoms with van der Waals surface area (Å²) < 4.78 is 5.23. The topological polar surface area (TPSA) is 67.0 Å². The van der Waals surface area contributed by atoms with E-state index < -0.39 is 0 Å². The molecule has 0 aliphatic carbocycles. The zero-order valence-electron chi connectivity index (χ0n) is 13.5. The fraction of sp³-hybridized carbons (Fsp3) is 0.158. The zero-order chi connectivity index (χ0) is 17.4. The summed E-state index contributed by atoms with van der Waals surface area (Å²) in [6.07, 6.45) is 0.374. The van der Waals surface area contributed by atoms with Gasteiger partial charge in [0, 0.05) is 28.5 Å². The van der Waals surface area contributed by atoms with Crippen molar-refractivity contribution in [2.24, 2.45) is 0 Å². The highest BCUT2D eigenvalue weighted by Gasteiger charge is 2.32. The van der Waals surface area contributed by atoms with Gasteiger partial charge in [0.05, 0.1) is 12.8 Å². The Bertz CT molecular complexity index is 917. The Balaban J connectivity index is 1.82. The van der Waals surface area contributed by atoms with Crippen LogP contribution < -0.4 is 10.1 Å². The van der Waals surface area contributed by atoms with E-state index in [2.05, 4.69) is 15.5 Å². The smallest absolute Gasteiger partial charge is 0.226 e. The second kappa shape index (κ2) is 6.26. The molecule has 0 bridgehead atoms. The summed E-state index contributed by atoms with van der Waals surface area (Å²) in [6.45, 7) is 0. The summed E-state index contributed by atoms with van der Waals surface area (Å²) in [6, 6.07) is 15.4. The number of nitrogens with zero attached hydrogens (tertiary/aromatic N) is 1. The Labute approximate surface area is 150 Å². The Morgan fingerprint density at radius 1 is 1.12 bits per heavy atom. The first-order valence-electron chi connectivity index (χ1n) is 7.93. The number of aromatic nitrogens is 2. The molecule has 1 aliphatic heterocycles. The fourth-order valence-corrected chi connectivity index (χ4v) is 3.34. The summed E-state index contributed by atoms with van der Waals surface area (Å²) >= 11 is 5.99. The molecule has 0 fully saturated rings. The van der Waals surface area contributed by atoms with Gasteiger partial charge in [-0.2, -0.15) is 5.10 Å². The van der Waals surface area contributed by atoms with Gasteiger partial charge in [0.2, 0.25) is 5.91 Å². The second-order valence-corrected chi connectivity index (χ2v) is 6.38. The van der Waals surface area contributed by atoms with Gasteiger partial charge < -0.3 is 10.1 Å². The molecule has 3 aromatic rings. The van der Waals surface area contributed by atoms with Gasteiger partial charge in [-0.15, -0.1) is 0 Å². The molecular formula is C19H16ClN3O2. The lowest BCUT2D eigenvalue weighted by Crippen LogP contribution is -2.23. The number of nitrogens with one attached hydrogen (secondary N) is 2. The third-order valence-electron chi connectivity index (χ3n) is 4.45. The number of hydrogen-bond donors (Lipinski definition) is 2. The van der Waals surface area contributed by atoms with Gasteiger partial charge in [0.1, 0.15) is 5.75 Å². The normalized spacial score (nSPS) is 16.2. The lowest BCUT2D eigenvalue weighted by atomic mass is 9.84. The lowest BCUT2D eigenvalue weighted by Gasteiger charge is -2.23. The Morgan fingerprint density at radius 2 is 1.84 bits per heavy atom. The highest BCUT2D eigenvalue weighted by atomic mass is 35.5. The SMILES string of the molecule is COc1ccc([C@@H]2CC(=O)Nc3n[nH]c(-c4ccc(Cl)cc4)c32)cc1. The van der Waals surface area contributed by atoms with E-state index in [4.69, 9.17) is 16.3 Å². The summed E-state index contributed by atoms with van der Waals surface area (Å²) in [7, 11) is 1.63. The molecule has 0 unspecified atom stereocenters. The number of aromatic amines is 1. The monoisotopic (exact) mass is 353 g/mol. The van der Waals surface area contributed by atoms with Gasteiger partial charge >= 0.3 is 0 Å². The van der Waals surface area contributed by atoms with Crippen molar-refractivity contribution in [2.75, 3.05) is 12.4 Å². The highest BCUT2D eigenvalue weighted by molar-refractivity contribution is 6.30. The molecule has 1 amide bonds. The number of amides is 1. The summed E-state index contributed by atoms with van der Waals surface area (Å²) in [5, 5.41) is 10.9. The van der Waals surface area contributed by atoms with Gasteiger partial charge in [0.15, 0.2) is 5.82 Å². The molecule has 1 aromatic heterocycles. The summed E-state index contributed by atoms with van der Waals surface area (Å²) in [5.41, 5.74) is 3.92. The molecule has 1 aliphatic rings. The predicted octanol–water partition coefficient (Wildman–Crippen LogP) is 4.21. The van der Waals surface area contributed by atoms with Crippen LogP contribution in [-0.4, -0.2) is 23.2 Å². The number of carbonyl (C=O) groups excluding carboxylic acids is 1. The van der Waals surface area contributed by atoms with Gasteiger partial charge in [-0.3, -0.25) is 9.89 Å². The van der Waals surface area contributed by atoms with Crippen LogP contribution in [0.2, 0.25) is 5.02 Å². The number of halogens is 1. The van der Waals surface area contributed by atoms with E-state index >= 15 is 0 Å². The lowest BCUT2D eigenvalue weighted by molar-refractivity contribution is -0.116. The number of fused-ring (bicyclic) bond motifs is 1. The number of hydrogen-bond acceptors (Lipinski definition) is 3. The number of methoxy groups -OCH3 is 1. The quantitative estimate of drug-likeness (QED) is 0.741. The third kappa shape index (κ3) is 2.87. The van der Waals surface area contributed by atoms with E-state index in [1.165, 1.54) is 0 Å². The Hall–Kier alpha value is -2.79. The molecule has 6 heteroatoms. The minimum Gasteiger partial charge on any atom is -0.497 e. The first kappa shape index (κ1) is 15.7. The first-order chi connectivity index (χ1) is 12.2. The van der Waals surface area contributed by atoms with Gasteiger partial charge in [0.25, 0.3) is 0 Å². The van der Waals surface area contributed by atoms with Crippen molar-refractivity contribution in [3.8, 4) is 17.0 Å². The maximum atomic E-state index is 12.1. The summed E-state index contributed by atoms with van der Waals surface area (Å²) in [5.74, 6) is 1.26. The van der Waals surface area contributed by atoms with E-state index in [1.54, 1.807) is 7.11 Å². The summed E-state index contributed by atoms with van der Waals surface area (Å²) in [4.78, 5) is 12.1. The first-order valence-corrected chi connectivity index (χ1v) is 8.31. The van der Waals surface area contributed by atoms with Crippen molar-refractivity contribution in [1.82, 2.24) is 10.2 Å². The molecule has 4 rings (SSSR count). The van der Waals surface area contributed by atoms with Crippen molar-refractivity contribution < 1.29 is 9.53 Å². The predicted molar refractivity (Wildman–Crippen MR) is 97.1 cm³/mol. The largest absolute Gasteiger partial charge is 0.497 e. The maximum absolute atomic E-state index is 12.1. The second-order valence-electron chi connectivity index (χ2n) is 5.95. The van der Waals surface area contributed by atoms with Crippen LogP contribution in [0.25, 0.3) is 11.3 Å². The van der Waals surface area contributed by atoms with Crippen LogP contribution in [0.3, 0.4) is 0 Å². The van der Waals surface area contributed by atoms with Crippen LogP contribution >= 0.6 is 11.6 Å². The van der Waals surface area contributed by atoms with Crippen molar-refractivity contribution >= 4 is 23.3 Å². The number of ether oxygens (including phenoxy) is 1. The van der Waals surface area contributed by atoms with Gasteiger partial charge in [-0.1, -0.05) is 35.9 Å². The third-order valence-corrected chi connectivity index (χ3v) is 4.70. The van der Waals surface area contributed by atoms with E-state index in [1.807, 2.05) is 48.5 Å². The molecule has 2 aromatic carbocycles. The molecular weight excluding hydrogens is 338 g/mol. The number of benzene rings is 2. The van der Waals surface area contributed by atoms with E-state index in [0.29, 0.717) is 17.3 Å². The highest BCUT2D eigenvalue weighted by Crippen LogP contribution is 2.42. The van der Waals surface area contributed by atoms with Crippen LogP contribution in [-0.2, 0) is 4.79 Å². The van der Waals surface area contributed by atoms with Crippen molar-refractivity contribution in [1.29, 1.82) is 0 Å². The number of carbonyl (C=O) groups is 1. The van der Waals surface area contributed by atoms with Crippen molar-refractivity contribution in [3.63, 3.8) is 0 Å². The van der Waals surface area contributed by atoms with Crippen molar-refractivity contribution in [3.05, 3.63) is 64.7 Å². The van der Waals surface area contributed by atoms with Crippen LogP contribution in [0.15, 0.2) is 48.5 Å². The molecule has 126 valence electrons. The minimum atomic E-state index is -0.0703. The van der Waals surface area contributed by atoms with Gasteiger partial charge in [-0.25, -0.2) is 0 Å². The van der Waals surface area contributed by atoms with E-state index in [-0.39, 0.29) is 11.8 Å². The van der Waals surface area contributed by atoms with E-state index in [9.17, 15) is 4.79 Å². The van der Waals surface area contributed by atoms with Crippen LogP contribution in [0.5, 0.6) is 5.75 Å². The Morgan fingerprint density at radius 3 is 2.52 bits per heavy atom. The molecule has 25 heavy (non-hydrogen) atoms. The standard InChI is InChI=1S/C19H16ClN3O2/c1-25-14-8-4-11(5-9-14)15-10-16(24)21-19-17(15)18(22-23-19)12-2-6-13(20)7-3-12/h2-9,15H,10H2,1H3,(H2,21,22,23,24)/t15-/m0/s1. The molecule has 5 nitrogen and oxygen atoms in total.